The Labute approximate surface area is 324 Å². The van der Waals surface area contributed by atoms with Crippen LogP contribution >= 0.6 is 11.8 Å². The van der Waals surface area contributed by atoms with Crippen LogP contribution in [0, 0.1) is 30.6 Å². The summed E-state index contributed by atoms with van der Waals surface area (Å²) in [5, 5.41) is 0. The summed E-state index contributed by atoms with van der Waals surface area (Å²) in [6.07, 6.45) is 2.26. The van der Waals surface area contributed by atoms with Crippen molar-refractivity contribution in [1.82, 2.24) is 19.6 Å². The Hall–Kier alpha value is -5.00. The zero-order valence-electron chi connectivity index (χ0n) is 31.9. The zero-order valence-corrected chi connectivity index (χ0v) is 32.7. The summed E-state index contributed by atoms with van der Waals surface area (Å²) in [7, 11) is 0. The second-order valence-corrected chi connectivity index (χ2v) is 14.4. The Morgan fingerprint density at radius 1 is 0.722 bits per heavy atom. The Balaban J connectivity index is 1.26. The van der Waals surface area contributed by atoms with Gasteiger partial charge >= 0.3 is 5.97 Å². The van der Waals surface area contributed by atoms with Gasteiger partial charge in [0.05, 0.1) is 19.7 Å². The second kappa shape index (κ2) is 20.5. The summed E-state index contributed by atoms with van der Waals surface area (Å²) in [5.74, 6) is 14.6. The topological polar surface area (TPSA) is 82.6 Å². The van der Waals surface area contributed by atoms with Crippen LogP contribution in [-0.4, -0.2) is 122 Å². The number of hydrogen-bond acceptors (Lipinski definition) is 8. The smallest absolute Gasteiger partial charge is 0.344 e. The van der Waals surface area contributed by atoms with E-state index in [1.165, 1.54) is 0 Å². The number of benzene rings is 3. The highest BCUT2D eigenvalue weighted by molar-refractivity contribution is 7.99. The summed E-state index contributed by atoms with van der Waals surface area (Å²) in [4.78, 5) is 44.5. The van der Waals surface area contributed by atoms with Gasteiger partial charge in [-0.1, -0.05) is 54.0 Å². The van der Waals surface area contributed by atoms with Gasteiger partial charge in [0.2, 0.25) is 11.8 Å². The normalized spacial score (nSPS) is 14.6. The summed E-state index contributed by atoms with van der Waals surface area (Å²) in [6.45, 7) is 15.0. The third-order valence-corrected chi connectivity index (χ3v) is 10.4. The monoisotopic (exact) mass is 746 g/mol. The molecule has 9 nitrogen and oxygen atoms in total. The molecule has 0 atom stereocenters. The maximum atomic E-state index is 11.7. The van der Waals surface area contributed by atoms with Crippen molar-refractivity contribution >= 4 is 35.1 Å². The van der Waals surface area contributed by atoms with Crippen LogP contribution in [0.4, 0.5) is 0 Å². The van der Waals surface area contributed by atoms with Crippen molar-refractivity contribution in [3.8, 4) is 29.4 Å². The lowest BCUT2D eigenvalue weighted by Crippen LogP contribution is -2.47. The minimum absolute atomic E-state index is 0.110. The minimum atomic E-state index is -0.380. The Morgan fingerprint density at radius 3 is 1.67 bits per heavy atom. The lowest BCUT2D eigenvalue weighted by atomic mass is 9.96. The lowest BCUT2D eigenvalue weighted by Gasteiger charge is -2.32. The van der Waals surface area contributed by atoms with E-state index < -0.39 is 0 Å². The van der Waals surface area contributed by atoms with E-state index in [9.17, 15) is 14.4 Å². The van der Waals surface area contributed by atoms with E-state index in [1.807, 2.05) is 28.9 Å². The van der Waals surface area contributed by atoms with Crippen LogP contribution in [0.3, 0.4) is 0 Å². The van der Waals surface area contributed by atoms with Crippen molar-refractivity contribution in [1.29, 1.82) is 0 Å². The molecule has 3 aromatic rings. The fraction of sp³-hybridized carbons (Fsp3) is 0.386. The molecule has 2 aliphatic rings. The van der Waals surface area contributed by atoms with E-state index in [4.69, 9.17) is 9.47 Å². The van der Waals surface area contributed by atoms with Gasteiger partial charge in [0.15, 0.2) is 6.61 Å². The molecule has 2 saturated heterocycles. The van der Waals surface area contributed by atoms with E-state index in [2.05, 4.69) is 94.2 Å². The van der Waals surface area contributed by atoms with Crippen molar-refractivity contribution in [2.75, 3.05) is 84.4 Å². The number of amides is 2. The second-order valence-electron chi connectivity index (χ2n) is 13.3. The van der Waals surface area contributed by atoms with Crippen LogP contribution in [0.15, 0.2) is 77.7 Å². The van der Waals surface area contributed by atoms with Crippen molar-refractivity contribution < 1.29 is 23.9 Å². The molecule has 0 aromatic heterocycles. The first-order valence-electron chi connectivity index (χ1n) is 18.5. The number of thioether (sulfide) groups is 1. The van der Waals surface area contributed by atoms with Gasteiger partial charge in [0.25, 0.3) is 0 Å². The molecule has 0 radical (unpaired) electrons. The highest BCUT2D eigenvalue weighted by atomic mass is 32.2. The van der Waals surface area contributed by atoms with Crippen LogP contribution in [0.2, 0.25) is 0 Å². The maximum absolute atomic E-state index is 11.7. The number of ether oxygens (including phenoxy) is 2. The van der Waals surface area contributed by atoms with Crippen molar-refractivity contribution in [2.24, 2.45) is 0 Å². The molecule has 0 aliphatic carbocycles. The predicted octanol–water partition coefficient (Wildman–Crippen LogP) is 5.19. The minimum Gasteiger partial charge on any atom is -0.482 e. The largest absolute Gasteiger partial charge is 0.482 e. The molecule has 2 amide bonds. The number of carbonyl (C=O) groups excluding carboxylic acids is 3. The molecule has 0 bridgehead atoms. The van der Waals surface area contributed by atoms with Crippen molar-refractivity contribution in [2.45, 2.75) is 32.6 Å². The van der Waals surface area contributed by atoms with E-state index in [0.717, 1.165) is 96.4 Å². The number of hydrogen-bond donors (Lipinski definition) is 0. The highest BCUT2D eigenvalue weighted by Gasteiger charge is 2.18. The van der Waals surface area contributed by atoms with Gasteiger partial charge < -0.3 is 19.3 Å². The van der Waals surface area contributed by atoms with Crippen molar-refractivity contribution in [3.05, 3.63) is 101 Å². The molecule has 0 saturated carbocycles. The molecule has 0 spiro atoms. The van der Waals surface area contributed by atoms with Gasteiger partial charge in [-0.3, -0.25) is 19.4 Å². The molecule has 282 valence electrons. The summed E-state index contributed by atoms with van der Waals surface area (Å²) in [6, 6.07) is 22.8. The van der Waals surface area contributed by atoms with E-state index >= 15 is 0 Å². The van der Waals surface area contributed by atoms with Crippen LogP contribution in [-0.2, 0) is 19.1 Å². The third kappa shape index (κ3) is 12.3. The van der Waals surface area contributed by atoms with E-state index in [1.54, 1.807) is 32.5 Å². The Morgan fingerprint density at radius 2 is 1.22 bits per heavy atom. The SMILES string of the molecule is CCOC(=O)COc1ccc(SCC=C(c2ccc(C#CCN3CCN(C(C)=O)CC3)cc2)c2ccc(C#CCN3CCN(C(C)=O)CC3)cc2)cc1C. The third-order valence-electron chi connectivity index (χ3n) is 9.43. The number of carbonyl (C=O) groups is 3. The molecule has 2 heterocycles. The number of nitrogens with zero attached hydrogens (tertiary/aromatic N) is 4. The van der Waals surface area contributed by atoms with Crippen LogP contribution in [0.5, 0.6) is 5.75 Å². The fourth-order valence-electron chi connectivity index (χ4n) is 6.25. The first-order chi connectivity index (χ1) is 26.2. The fourth-order valence-corrected chi connectivity index (χ4v) is 7.12. The molecule has 3 aromatic carbocycles. The molecule has 0 N–H and O–H groups in total. The average molecular weight is 747 g/mol. The molecule has 5 rings (SSSR count). The maximum Gasteiger partial charge on any atom is 0.344 e. The molecular weight excluding hydrogens is 697 g/mol. The van der Waals surface area contributed by atoms with Crippen LogP contribution in [0.1, 0.15) is 48.6 Å². The zero-order chi connectivity index (χ0) is 38.3. The molecular formula is C44H50N4O5S. The summed E-state index contributed by atoms with van der Waals surface area (Å²) >= 11 is 1.73. The van der Waals surface area contributed by atoms with Crippen LogP contribution < -0.4 is 4.74 Å². The first kappa shape index (κ1) is 40.2. The Kier molecular flexibility index (Phi) is 15.2. The van der Waals surface area contributed by atoms with Gasteiger partial charge in [-0.05, 0) is 78.6 Å². The highest BCUT2D eigenvalue weighted by Crippen LogP contribution is 2.29. The molecule has 0 unspecified atom stereocenters. The molecule has 2 aliphatic heterocycles. The summed E-state index contributed by atoms with van der Waals surface area (Å²) < 4.78 is 10.6. The molecule has 54 heavy (non-hydrogen) atoms. The van der Waals surface area contributed by atoms with Gasteiger partial charge in [-0.2, -0.15) is 0 Å². The molecule has 10 heteroatoms. The average Bonchev–Trinajstić information content (AvgIpc) is 3.17. The standard InChI is InChI=1S/C44H50N4O5S/c1-5-52-44(51)33-53-43-19-18-41(32-34(43)2)54-31-20-42(39-14-10-37(11-15-39)8-6-21-45-23-27-47(28-24-45)35(3)49)40-16-12-38(13-17-40)9-7-22-46-25-29-48(30-26-46)36(4)50/h10-20,32H,5,21-31,33H2,1-4H3. The quantitative estimate of drug-likeness (QED) is 0.151. The predicted molar refractivity (Wildman–Crippen MR) is 215 cm³/mol. The van der Waals surface area contributed by atoms with Gasteiger partial charge in [-0.15, -0.1) is 11.8 Å². The first-order valence-corrected chi connectivity index (χ1v) is 19.5. The van der Waals surface area contributed by atoms with Gasteiger partial charge in [0, 0.05) is 88.0 Å². The van der Waals surface area contributed by atoms with E-state index in [0.29, 0.717) is 25.4 Å². The number of esters is 1. The number of rotatable bonds is 11. The van der Waals surface area contributed by atoms with Gasteiger partial charge in [0.1, 0.15) is 5.75 Å². The van der Waals surface area contributed by atoms with Gasteiger partial charge in [-0.25, -0.2) is 4.79 Å². The van der Waals surface area contributed by atoms with E-state index in [-0.39, 0.29) is 24.4 Å². The Bertz CT molecular complexity index is 1800. The number of piperazine rings is 2. The summed E-state index contributed by atoms with van der Waals surface area (Å²) in [5.41, 5.74) is 6.21. The molecule has 2 fully saturated rings. The number of aryl methyl sites for hydroxylation is 1. The van der Waals surface area contributed by atoms with Crippen LogP contribution in [0.25, 0.3) is 5.57 Å². The lowest BCUT2D eigenvalue weighted by molar-refractivity contribution is -0.145. The van der Waals surface area contributed by atoms with Crippen molar-refractivity contribution in [3.63, 3.8) is 0 Å².